The van der Waals surface area contributed by atoms with Crippen molar-refractivity contribution in [1.29, 1.82) is 0 Å². The standard InChI is InChI=1S/C6H6ClF/c1-5(7)3-4-6(2)8/h3-4H,1-2H2/b4-3-. The maximum absolute atomic E-state index is 11.7. The van der Waals surface area contributed by atoms with Crippen LogP contribution >= 0.6 is 11.6 Å². The fourth-order valence-corrected chi connectivity index (χ4v) is 0.244. The third-order valence-corrected chi connectivity index (χ3v) is 0.571. The molecule has 0 N–H and O–H groups in total. The van der Waals surface area contributed by atoms with E-state index < -0.39 is 5.83 Å². The van der Waals surface area contributed by atoms with E-state index in [2.05, 4.69) is 13.2 Å². The van der Waals surface area contributed by atoms with Crippen LogP contribution in [0.5, 0.6) is 0 Å². The minimum Gasteiger partial charge on any atom is -0.208 e. The first-order valence-electron chi connectivity index (χ1n) is 2.00. The summed E-state index contributed by atoms with van der Waals surface area (Å²) in [6.07, 6.45) is 2.49. The van der Waals surface area contributed by atoms with Crippen molar-refractivity contribution in [3.05, 3.63) is 36.2 Å². The Morgan fingerprint density at radius 3 is 2.00 bits per heavy atom. The highest BCUT2D eigenvalue weighted by molar-refractivity contribution is 6.30. The molecule has 0 atom stereocenters. The van der Waals surface area contributed by atoms with Gasteiger partial charge in [0.1, 0.15) is 5.83 Å². The highest BCUT2D eigenvalue weighted by Gasteiger charge is 1.78. The summed E-state index contributed by atoms with van der Waals surface area (Å²) in [7, 11) is 0. The van der Waals surface area contributed by atoms with Gasteiger partial charge in [0.15, 0.2) is 0 Å². The van der Waals surface area contributed by atoms with Crippen LogP contribution in [-0.2, 0) is 0 Å². The van der Waals surface area contributed by atoms with Crippen LogP contribution in [-0.4, -0.2) is 0 Å². The molecule has 0 radical (unpaired) electrons. The summed E-state index contributed by atoms with van der Waals surface area (Å²) in [6.45, 7) is 6.27. The highest BCUT2D eigenvalue weighted by atomic mass is 35.5. The van der Waals surface area contributed by atoms with Crippen molar-refractivity contribution in [2.45, 2.75) is 0 Å². The molecule has 0 aliphatic rings. The molecule has 0 aliphatic carbocycles. The lowest BCUT2D eigenvalue weighted by atomic mass is 10.4. The van der Waals surface area contributed by atoms with Crippen LogP contribution in [0.25, 0.3) is 0 Å². The molecule has 0 nitrogen and oxygen atoms in total. The topological polar surface area (TPSA) is 0 Å². The predicted octanol–water partition coefficient (Wildman–Crippen LogP) is 2.78. The van der Waals surface area contributed by atoms with Crippen molar-refractivity contribution >= 4 is 11.6 Å². The van der Waals surface area contributed by atoms with Crippen molar-refractivity contribution in [3.8, 4) is 0 Å². The van der Waals surface area contributed by atoms with E-state index in [1.165, 1.54) is 6.08 Å². The molecule has 0 bridgehead atoms. The van der Waals surface area contributed by atoms with Crippen LogP contribution < -0.4 is 0 Å². The van der Waals surface area contributed by atoms with Crippen molar-refractivity contribution < 1.29 is 4.39 Å². The van der Waals surface area contributed by atoms with Gasteiger partial charge in [0.25, 0.3) is 0 Å². The first-order valence-corrected chi connectivity index (χ1v) is 2.37. The van der Waals surface area contributed by atoms with Crippen molar-refractivity contribution in [2.24, 2.45) is 0 Å². The predicted molar refractivity (Wildman–Crippen MR) is 34.4 cm³/mol. The lowest BCUT2D eigenvalue weighted by Gasteiger charge is -1.78. The molecule has 0 aromatic heterocycles. The number of halogens is 2. The van der Waals surface area contributed by atoms with Crippen LogP contribution in [0.4, 0.5) is 4.39 Å². The van der Waals surface area contributed by atoms with Gasteiger partial charge in [-0.3, -0.25) is 0 Å². The zero-order valence-corrected chi connectivity index (χ0v) is 5.08. The number of hydrogen-bond acceptors (Lipinski definition) is 0. The van der Waals surface area contributed by atoms with Crippen molar-refractivity contribution in [3.63, 3.8) is 0 Å². The van der Waals surface area contributed by atoms with Crippen LogP contribution in [0.3, 0.4) is 0 Å². The van der Waals surface area contributed by atoms with Crippen molar-refractivity contribution in [1.82, 2.24) is 0 Å². The van der Waals surface area contributed by atoms with Gasteiger partial charge in [-0.15, -0.1) is 0 Å². The van der Waals surface area contributed by atoms with Gasteiger partial charge in [-0.2, -0.15) is 0 Å². The van der Waals surface area contributed by atoms with Gasteiger partial charge < -0.3 is 0 Å². The fraction of sp³-hybridized carbons (Fsp3) is 0. The summed E-state index contributed by atoms with van der Waals surface area (Å²) in [5.74, 6) is -0.521. The number of hydrogen-bond donors (Lipinski definition) is 0. The van der Waals surface area contributed by atoms with E-state index in [0.29, 0.717) is 5.03 Å². The summed E-state index contributed by atoms with van der Waals surface area (Å²) in [4.78, 5) is 0. The van der Waals surface area contributed by atoms with Gasteiger partial charge in [0.05, 0.1) is 0 Å². The Bertz CT molecular complexity index is 119. The number of rotatable bonds is 2. The summed E-state index contributed by atoms with van der Waals surface area (Å²) in [5.41, 5.74) is 0. The van der Waals surface area contributed by atoms with E-state index in [-0.39, 0.29) is 0 Å². The first kappa shape index (κ1) is 7.44. The quantitative estimate of drug-likeness (QED) is 0.507. The molecule has 0 heterocycles. The molecular weight excluding hydrogens is 127 g/mol. The maximum Gasteiger partial charge on any atom is 0.116 e. The summed E-state index contributed by atoms with van der Waals surface area (Å²) in [5, 5.41) is 0.295. The minimum absolute atomic E-state index is 0.295. The van der Waals surface area contributed by atoms with E-state index in [0.717, 1.165) is 6.08 Å². The minimum atomic E-state index is -0.521. The molecule has 2 heteroatoms. The molecule has 0 aromatic rings. The van der Waals surface area contributed by atoms with E-state index in [1.807, 2.05) is 0 Å². The van der Waals surface area contributed by atoms with Crippen LogP contribution in [0, 0.1) is 0 Å². The van der Waals surface area contributed by atoms with Crippen LogP contribution in [0.15, 0.2) is 36.2 Å². The molecular formula is C6H6ClF. The van der Waals surface area contributed by atoms with Gasteiger partial charge >= 0.3 is 0 Å². The van der Waals surface area contributed by atoms with E-state index >= 15 is 0 Å². The maximum atomic E-state index is 11.7. The largest absolute Gasteiger partial charge is 0.208 e. The zero-order chi connectivity index (χ0) is 6.57. The number of allylic oxidation sites excluding steroid dienone is 4. The average Bonchev–Trinajstić information content (AvgIpc) is 1.61. The summed E-state index contributed by atoms with van der Waals surface area (Å²) in [6, 6.07) is 0. The molecule has 0 saturated carbocycles. The lowest BCUT2D eigenvalue weighted by molar-refractivity contribution is 0.671. The van der Waals surface area contributed by atoms with Gasteiger partial charge in [-0.1, -0.05) is 24.8 Å². The molecule has 0 unspecified atom stereocenters. The second kappa shape index (κ2) is 3.44. The second-order valence-electron chi connectivity index (χ2n) is 1.23. The van der Waals surface area contributed by atoms with Gasteiger partial charge in [0.2, 0.25) is 0 Å². The molecule has 8 heavy (non-hydrogen) atoms. The molecule has 0 rings (SSSR count). The molecule has 0 saturated heterocycles. The normalized spacial score (nSPS) is 9.75. The molecule has 0 aromatic carbocycles. The third-order valence-electron chi connectivity index (χ3n) is 0.445. The fourth-order valence-electron chi connectivity index (χ4n) is 0.181. The molecule has 0 aliphatic heterocycles. The van der Waals surface area contributed by atoms with Gasteiger partial charge in [0, 0.05) is 5.03 Å². The average molecular weight is 133 g/mol. The Balaban J connectivity index is 3.67. The third kappa shape index (κ3) is 5.44. The Kier molecular flexibility index (Phi) is 3.20. The first-order chi connectivity index (χ1) is 3.63. The lowest BCUT2D eigenvalue weighted by Crippen LogP contribution is -1.58. The van der Waals surface area contributed by atoms with Crippen molar-refractivity contribution in [2.75, 3.05) is 0 Å². The second-order valence-corrected chi connectivity index (χ2v) is 1.71. The Labute approximate surface area is 53.0 Å². The summed E-state index contributed by atoms with van der Waals surface area (Å²) >= 11 is 5.23. The van der Waals surface area contributed by atoms with Crippen LogP contribution in [0.1, 0.15) is 0 Å². The van der Waals surface area contributed by atoms with E-state index in [9.17, 15) is 4.39 Å². The van der Waals surface area contributed by atoms with Gasteiger partial charge in [-0.05, 0) is 12.2 Å². The SMILES string of the molecule is C=C(F)/C=C\C(=C)Cl. The molecule has 0 fully saturated rings. The monoisotopic (exact) mass is 132 g/mol. The Morgan fingerprint density at radius 2 is 1.88 bits per heavy atom. The Hall–Kier alpha value is -0.560. The molecule has 0 amide bonds. The summed E-state index contributed by atoms with van der Waals surface area (Å²) < 4.78 is 11.7. The molecule has 44 valence electrons. The van der Waals surface area contributed by atoms with E-state index in [1.54, 1.807) is 0 Å². The Morgan fingerprint density at radius 1 is 1.38 bits per heavy atom. The zero-order valence-electron chi connectivity index (χ0n) is 4.32. The molecule has 0 spiro atoms. The van der Waals surface area contributed by atoms with Gasteiger partial charge in [-0.25, -0.2) is 4.39 Å². The smallest absolute Gasteiger partial charge is 0.116 e. The van der Waals surface area contributed by atoms with Crippen LogP contribution in [0.2, 0.25) is 0 Å². The van der Waals surface area contributed by atoms with E-state index in [4.69, 9.17) is 11.6 Å². The highest BCUT2D eigenvalue weighted by Crippen LogP contribution is 2.01.